The lowest BCUT2D eigenvalue weighted by Crippen LogP contribution is -2.43. The molecule has 2 aromatic rings. The number of hydrogen-bond acceptors (Lipinski definition) is 8. The van der Waals surface area contributed by atoms with Gasteiger partial charge in [-0.15, -0.1) is 0 Å². The number of carbonyl (C=O) groups is 1. The van der Waals surface area contributed by atoms with Crippen molar-refractivity contribution in [1.29, 1.82) is 0 Å². The molecule has 172 valence electrons. The molecule has 1 aliphatic carbocycles. The first-order valence-corrected chi connectivity index (χ1v) is 10.7. The number of aromatic nitrogens is 2. The summed E-state index contributed by atoms with van der Waals surface area (Å²) in [6.45, 7) is 2.33. The molecule has 2 aliphatic rings. The number of carbonyl (C=O) groups excluding carboxylic acids is 1. The van der Waals surface area contributed by atoms with Crippen LogP contribution in [0.2, 0.25) is 0 Å². The Morgan fingerprint density at radius 1 is 1.12 bits per heavy atom. The fourth-order valence-electron chi connectivity index (χ4n) is 4.00. The third-order valence-electron chi connectivity index (χ3n) is 5.81. The Morgan fingerprint density at radius 3 is 2.59 bits per heavy atom. The molecule has 1 aliphatic heterocycles. The molecule has 2 unspecified atom stereocenters. The maximum absolute atomic E-state index is 14.7. The monoisotopic (exact) mass is 447 g/mol. The first-order chi connectivity index (χ1) is 15.4. The van der Waals surface area contributed by atoms with Crippen LogP contribution >= 0.6 is 0 Å². The van der Waals surface area contributed by atoms with Gasteiger partial charge in [0.25, 0.3) is 5.91 Å². The zero-order valence-electron chi connectivity index (χ0n) is 17.6. The smallest absolute Gasteiger partial charge is 0.252 e. The van der Waals surface area contributed by atoms with Crippen molar-refractivity contribution in [2.75, 3.05) is 41.8 Å². The van der Waals surface area contributed by atoms with Crippen molar-refractivity contribution in [1.82, 2.24) is 9.97 Å². The van der Waals surface area contributed by atoms with Gasteiger partial charge in [-0.1, -0.05) is 12.8 Å². The highest BCUT2D eigenvalue weighted by atomic mass is 19.1. The summed E-state index contributed by atoms with van der Waals surface area (Å²) in [5, 5.41) is 5.83. The molecular formula is C21H27F2N7O2. The van der Waals surface area contributed by atoms with E-state index < -0.39 is 17.5 Å². The normalized spacial score (nSPS) is 21.3. The highest BCUT2D eigenvalue weighted by Gasteiger charge is 2.25. The fourth-order valence-corrected chi connectivity index (χ4v) is 4.00. The van der Waals surface area contributed by atoms with E-state index in [2.05, 4.69) is 20.6 Å². The summed E-state index contributed by atoms with van der Waals surface area (Å²) in [5.41, 5.74) is 11.4. The molecule has 1 saturated carbocycles. The van der Waals surface area contributed by atoms with Crippen LogP contribution in [0.1, 0.15) is 36.0 Å². The minimum atomic E-state index is -0.886. The highest BCUT2D eigenvalue weighted by molar-refractivity contribution is 5.98. The number of nitrogens with two attached hydrogens (primary N) is 2. The molecule has 0 spiro atoms. The lowest BCUT2D eigenvalue weighted by atomic mass is 9.91. The summed E-state index contributed by atoms with van der Waals surface area (Å²) >= 11 is 0. The fraction of sp³-hybridized carbons (Fsp3) is 0.476. The average Bonchev–Trinajstić information content (AvgIpc) is 2.79. The van der Waals surface area contributed by atoms with E-state index in [1.54, 1.807) is 0 Å². The lowest BCUT2D eigenvalue weighted by Gasteiger charge is -2.30. The number of ether oxygens (including phenoxy) is 1. The second-order valence-corrected chi connectivity index (χ2v) is 8.03. The number of anilines is 4. The molecule has 2 fully saturated rings. The Kier molecular flexibility index (Phi) is 6.66. The van der Waals surface area contributed by atoms with Crippen LogP contribution < -0.4 is 27.0 Å². The quantitative estimate of drug-likeness (QED) is 0.530. The Bertz CT molecular complexity index is 985. The second-order valence-electron chi connectivity index (χ2n) is 8.03. The van der Waals surface area contributed by atoms with Crippen LogP contribution in [0.25, 0.3) is 0 Å². The third kappa shape index (κ3) is 4.89. The SMILES string of the molecule is NC(=O)c1cc(F)c(NC2CCCCC2N)nc1Nc1cc(N2CCOCC2)ncc1F. The zero-order chi connectivity index (χ0) is 22.7. The van der Waals surface area contributed by atoms with Crippen LogP contribution in [0.15, 0.2) is 18.3 Å². The van der Waals surface area contributed by atoms with Gasteiger partial charge in [0.15, 0.2) is 17.5 Å². The molecule has 0 radical (unpaired) electrons. The minimum Gasteiger partial charge on any atom is -0.378 e. The minimum absolute atomic E-state index is 0.0448. The van der Waals surface area contributed by atoms with E-state index in [-0.39, 0.29) is 35.0 Å². The molecule has 11 heteroatoms. The van der Waals surface area contributed by atoms with Crippen molar-refractivity contribution in [3.8, 4) is 0 Å². The molecule has 4 rings (SSSR count). The van der Waals surface area contributed by atoms with Crippen molar-refractivity contribution in [2.45, 2.75) is 37.8 Å². The average molecular weight is 447 g/mol. The maximum Gasteiger partial charge on any atom is 0.252 e. The summed E-state index contributed by atoms with van der Waals surface area (Å²) in [7, 11) is 0. The van der Waals surface area contributed by atoms with E-state index in [4.69, 9.17) is 16.2 Å². The summed E-state index contributed by atoms with van der Waals surface area (Å²) in [5.74, 6) is -1.83. The molecule has 0 bridgehead atoms. The summed E-state index contributed by atoms with van der Waals surface area (Å²) in [4.78, 5) is 22.2. The topological polar surface area (TPSA) is 131 Å². The van der Waals surface area contributed by atoms with Crippen molar-refractivity contribution < 1.29 is 18.3 Å². The van der Waals surface area contributed by atoms with Gasteiger partial charge in [0, 0.05) is 31.2 Å². The van der Waals surface area contributed by atoms with Gasteiger partial charge in [-0.25, -0.2) is 18.7 Å². The molecule has 2 aromatic heterocycles. The number of nitrogens with one attached hydrogen (secondary N) is 2. The molecule has 1 amide bonds. The predicted octanol–water partition coefficient (Wildman–Crippen LogP) is 2.12. The lowest BCUT2D eigenvalue weighted by molar-refractivity contribution is 0.100. The van der Waals surface area contributed by atoms with Gasteiger partial charge < -0.3 is 31.7 Å². The molecule has 0 aromatic carbocycles. The van der Waals surface area contributed by atoms with Gasteiger partial charge in [0.2, 0.25) is 0 Å². The largest absolute Gasteiger partial charge is 0.378 e. The Morgan fingerprint density at radius 2 is 1.88 bits per heavy atom. The van der Waals surface area contributed by atoms with Gasteiger partial charge in [-0.3, -0.25) is 4.79 Å². The van der Waals surface area contributed by atoms with Crippen LogP contribution in [-0.4, -0.2) is 54.3 Å². The van der Waals surface area contributed by atoms with E-state index in [1.165, 1.54) is 6.07 Å². The number of morpholine rings is 1. The van der Waals surface area contributed by atoms with E-state index >= 15 is 0 Å². The number of amides is 1. The first-order valence-electron chi connectivity index (χ1n) is 10.7. The van der Waals surface area contributed by atoms with Crippen LogP contribution in [0.5, 0.6) is 0 Å². The van der Waals surface area contributed by atoms with Gasteiger partial charge in [-0.2, -0.15) is 0 Å². The number of rotatable bonds is 6. The van der Waals surface area contributed by atoms with Gasteiger partial charge in [0.05, 0.1) is 30.7 Å². The van der Waals surface area contributed by atoms with Crippen molar-refractivity contribution >= 4 is 29.0 Å². The van der Waals surface area contributed by atoms with E-state index in [0.29, 0.717) is 32.1 Å². The van der Waals surface area contributed by atoms with Gasteiger partial charge >= 0.3 is 0 Å². The summed E-state index contributed by atoms with van der Waals surface area (Å²) in [6.07, 6.45) is 4.70. The number of pyridine rings is 2. The predicted molar refractivity (Wildman–Crippen MR) is 117 cm³/mol. The van der Waals surface area contributed by atoms with Crippen LogP contribution in [0.4, 0.5) is 31.9 Å². The van der Waals surface area contributed by atoms with E-state index in [9.17, 15) is 13.6 Å². The van der Waals surface area contributed by atoms with Crippen molar-refractivity contribution in [3.63, 3.8) is 0 Å². The summed E-state index contributed by atoms with van der Waals surface area (Å²) < 4.78 is 34.6. The zero-order valence-corrected chi connectivity index (χ0v) is 17.6. The van der Waals surface area contributed by atoms with Crippen molar-refractivity contribution in [2.24, 2.45) is 11.5 Å². The van der Waals surface area contributed by atoms with Gasteiger partial charge in [-0.05, 0) is 18.9 Å². The Balaban J connectivity index is 1.64. The van der Waals surface area contributed by atoms with E-state index in [0.717, 1.165) is 37.9 Å². The molecular weight excluding hydrogens is 420 g/mol. The number of primary amides is 1. The standard InChI is InChI=1S/C21H27F2N7O2/c22-13-9-12(19(25)31)20(29-21(13)27-16-4-2-1-3-15(16)24)28-17-10-18(26-11-14(17)23)30-5-7-32-8-6-30/h9-11,15-16H,1-8,24H2,(H2,25,31)(H2,26,27,28,29). The molecule has 9 nitrogen and oxygen atoms in total. The Labute approximate surface area is 184 Å². The van der Waals surface area contributed by atoms with Crippen LogP contribution in [0.3, 0.4) is 0 Å². The molecule has 1 saturated heterocycles. The summed E-state index contributed by atoms with van der Waals surface area (Å²) in [6, 6.07) is 2.23. The van der Waals surface area contributed by atoms with Crippen molar-refractivity contribution in [3.05, 3.63) is 35.5 Å². The second kappa shape index (κ2) is 9.61. The van der Waals surface area contributed by atoms with Gasteiger partial charge in [0.1, 0.15) is 11.6 Å². The van der Waals surface area contributed by atoms with E-state index in [1.807, 2.05) is 4.90 Å². The molecule has 6 N–H and O–H groups in total. The highest BCUT2D eigenvalue weighted by Crippen LogP contribution is 2.29. The number of hydrogen-bond donors (Lipinski definition) is 4. The number of nitrogens with zero attached hydrogens (tertiary/aromatic N) is 3. The number of halogens is 2. The van der Waals surface area contributed by atoms with Crippen LogP contribution in [-0.2, 0) is 4.74 Å². The third-order valence-corrected chi connectivity index (χ3v) is 5.81. The maximum atomic E-state index is 14.7. The van der Waals surface area contributed by atoms with Crippen LogP contribution in [0, 0.1) is 11.6 Å². The first kappa shape index (κ1) is 22.2. The molecule has 32 heavy (non-hydrogen) atoms. The molecule has 2 atom stereocenters. The Hall–Kier alpha value is -3.05. The molecule has 3 heterocycles.